The van der Waals surface area contributed by atoms with E-state index in [1.807, 2.05) is 6.92 Å². The Balaban J connectivity index is 0.790. The third-order valence-corrected chi connectivity index (χ3v) is 19.6. The maximum Gasteiger partial charge on any atom is 0.336 e. The fourth-order valence-electron chi connectivity index (χ4n) is 14.8. The molecular formula is C52H82O25. The molecule has 5 heterocycles. The average Bonchev–Trinajstić information content (AvgIpc) is 4.06. The van der Waals surface area contributed by atoms with Crippen LogP contribution in [-0.2, 0) is 47.4 Å². The van der Waals surface area contributed by atoms with Crippen molar-refractivity contribution in [1.29, 1.82) is 0 Å². The number of hydrogen-bond donors (Lipinski definition) is 15. The number of rotatable bonds is 15. The first-order valence-electron chi connectivity index (χ1n) is 27.2. The van der Waals surface area contributed by atoms with Gasteiger partial charge in [-0.25, -0.2) is 4.79 Å². The molecule has 0 aromatic heterocycles. The zero-order valence-corrected chi connectivity index (χ0v) is 43.7. The molecule has 5 aliphatic heterocycles. The van der Waals surface area contributed by atoms with Crippen molar-refractivity contribution in [3.8, 4) is 0 Å². The fraction of sp³-hybridized carbons (Fsp3) is 0.904. The van der Waals surface area contributed by atoms with E-state index in [0.717, 1.165) is 43.3 Å². The predicted molar refractivity (Wildman–Crippen MR) is 257 cm³/mol. The number of carbonyl (C=O) groups is 1. The van der Waals surface area contributed by atoms with Crippen LogP contribution in [0.15, 0.2) is 22.8 Å². The quantitative estimate of drug-likeness (QED) is 0.0542. The smallest absolute Gasteiger partial charge is 0.336 e. The highest BCUT2D eigenvalue weighted by Gasteiger charge is 2.62. The van der Waals surface area contributed by atoms with Gasteiger partial charge in [0.1, 0.15) is 104 Å². The highest BCUT2D eigenvalue weighted by Crippen LogP contribution is 2.67. The Bertz CT molecular complexity index is 2100. The zero-order valence-electron chi connectivity index (χ0n) is 43.7. The van der Waals surface area contributed by atoms with Crippen molar-refractivity contribution < 1.29 is 124 Å². The third kappa shape index (κ3) is 11.0. The summed E-state index contributed by atoms with van der Waals surface area (Å²) in [7, 11) is 0. The summed E-state index contributed by atoms with van der Waals surface area (Å²) in [5.74, 6) is 0.357. The molecule has 0 amide bonds. The van der Waals surface area contributed by atoms with Crippen LogP contribution in [0.2, 0.25) is 0 Å². The highest BCUT2D eigenvalue weighted by molar-refractivity contribution is 5.90. The molecule has 77 heavy (non-hydrogen) atoms. The average molecular weight is 1110 g/mol. The topological polar surface area (TPSA) is 404 Å². The van der Waals surface area contributed by atoms with E-state index >= 15 is 0 Å². The van der Waals surface area contributed by atoms with Crippen LogP contribution >= 0.6 is 0 Å². The van der Waals surface area contributed by atoms with Crippen molar-refractivity contribution in [3.63, 3.8) is 0 Å². The Labute approximate surface area is 445 Å². The number of fused-ring (bicyclic) bond motifs is 5. The molecule has 0 bridgehead atoms. The second kappa shape index (κ2) is 23.7. The van der Waals surface area contributed by atoms with E-state index in [1.165, 1.54) is 0 Å². The monoisotopic (exact) mass is 1110 g/mol. The molecule has 0 unspecified atom stereocenters. The molecule has 25 nitrogen and oxygen atoms in total. The molecule has 30 atom stereocenters. The van der Waals surface area contributed by atoms with Crippen LogP contribution < -0.4 is 0 Å². The molecule has 25 heteroatoms. The lowest BCUT2D eigenvalue weighted by atomic mass is 9.46. The lowest BCUT2D eigenvalue weighted by Crippen LogP contribution is -2.62. The summed E-state index contributed by atoms with van der Waals surface area (Å²) >= 11 is 0. The Morgan fingerprint density at radius 3 is 1.64 bits per heavy atom. The molecule has 0 aromatic carbocycles. The lowest BCUT2D eigenvalue weighted by Gasteiger charge is -2.60. The van der Waals surface area contributed by atoms with Crippen molar-refractivity contribution in [2.24, 2.45) is 40.4 Å². The van der Waals surface area contributed by atoms with Gasteiger partial charge in [0.15, 0.2) is 25.2 Å². The van der Waals surface area contributed by atoms with Crippen LogP contribution in [0.4, 0.5) is 0 Å². The summed E-state index contributed by atoms with van der Waals surface area (Å²) < 4.78 is 51.8. The van der Waals surface area contributed by atoms with Gasteiger partial charge in [0.05, 0.1) is 50.8 Å². The first-order valence-corrected chi connectivity index (χ1v) is 27.2. The van der Waals surface area contributed by atoms with Gasteiger partial charge in [0.2, 0.25) is 0 Å². The molecule has 4 saturated heterocycles. The van der Waals surface area contributed by atoms with Gasteiger partial charge in [-0.1, -0.05) is 38.0 Å². The van der Waals surface area contributed by atoms with Gasteiger partial charge in [0.25, 0.3) is 0 Å². The van der Waals surface area contributed by atoms with Gasteiger partial charge in [-0.2, -0.15) is 0 Å². The zero-order chi connectivity index (χ0) is 55.7. The number of aliphatic hydroxyl groups is 15. The van der Waals surface area contributed by atoms with E-state index < -0.39 is 179 Å². The van der Waals surface area contributed by atoms with Crippen LogP contribution in [0.5, 0.6) is 0 Å². The van der Waals surface area contributed by atoms with Crippen molar-refractivity contribution in [2.75, 3.05) is 33.0 Å². The number of esters is 1. The number of cyclic esters (lactones) is 1. The van der Waals surface area contributed by atoms with Gasteiger partial charge in [0, 0.05) is 18.3 Å². The fourth-order valence-corrected chi connectivity index (χ4v) is 14.8. The van der Waals surface area contributed by atoms with Crippen LogP contribution in [-0.4, -0.2) is 257 Å². The molecule has 15 N–H and O–H groups in total. The second-order valence-electron chi connectivity index (χ2n) is 23.7. The van der Waals surface area contributed by atoms with Gasteiger partial charge in [-0.15, -0.1) is 0 Å². The minimum absolute atomic E-state index is 0.0214. The van der Waals surface area contributed by atoms with Crippen LogP contribution in [0.3, 0.4) is 0 Å². The summed E-state index contributed by atoms with van der Waals surface area (Å²) in [5, 5.41) is 157. The molecule has 7 fully saturated rings. The van der Waals surface area contributed by atoms with E-state index in [2.05, 4.69) is 26.8 Å². The third-order valence-electron chi connectivity index (χ3n) is 19.6. The lowest BCUT2D eigenvalue weighted by molar-refractivity contribution is -0.337. The summed E-state index contributed by atoms with van der Waals surface area (Å²) in [6, 6.07) is 0. The van der Waals surface area contributed by atoms with Crippen molar-refractivity contribution in [3.05, 3.63) is 22.8 Å². The molecule has 9 aliphatic rings. The number of ether oxygens (including phenoxy) is 9. The first-order chi connectivity index (χ1) is 36.4. The van der Waals surface area contributed by atoms with Crippen molar-refractivity contribution in [2.45, 2.75) is 220 Å². The number of aliphatic hydroxyl groups excluding tert-OH is 15. The van der Waals surface area contributed by atoms with E-state index in [9.17, 15) is 81.4 Å². The van der Waals surface area contributed by atoms with Crippen molar-refractivity contribution >= 4 is 5.97 Å². The maximum absolute atomic E-state index is 13.8. The van der Waals surface area contributed by atoms with E-state index in [0.29, 0.717) is 18.8 Å². The van der Waals surface area contributed by atoms with Crippen molar-refractivity contribution in [1.82, 2.24) is 0 Å². The minimum Gasteiger partial charge on any atom is -0.458 e. The van der Waals surface area contributed by atoms with E-state index in [1.54, 1.807) is 0 Å². The molecule has 9 rings (SSSR count). The Morgan fingerprint density at radius 1 is 0.610 bits per heavy atom. The number of hydrogen-bond acceptors (Lipinski definition) is 25. The van der Waals surface area contributed by atoms with E-state index in [4.69, 9.17) is 42.6 Å². The van der Waals surface area contributed by atoms with Gasteiger partial charge < -0.3 is 119 Å². The van der Waals surface area contributed by atoms with E-state index in [-0.39, 0.29) is 47.7 Å². The summed E-state index contributed by atoms with van der Waals surface area (Å²) in [4.78, 5) is 13.8. The van der Waals surface area contributed by atoms with Crippen LogP contribution in [0.25, 0.3) is 0 Å². The van der Waals surface area contributed by atoms with Gasteiger partial charge >= 0.3 is 5.97 Å². The summed E-state index contributed by atoms with van der Waals surface area (Å²) in [6.07, 6.45) is -25.7. The Morgan fingerprint density at radius 2 is 1.10 bits per heavy atom. The largest absolute Gasteiger partial charge is 0.458 e. The molecule has 0 radical (unpaired) electrons. The summed E-state index contributed by atoms with van der Waals surface area (Å²) in [6.45, 7) is 5.66. The van der Waals surface area contributed by atoms with Crippen LogP contribution in [0, 0.1) is 40.4 Å². The normalized spacial score (nSPS) is 51.8. The number of allylic oxidation sites excluding steroid dienone is 1. The molecule has 0 aromatic rings. The molecule has 4 aliphatic carbocycles. The first kappa shape index (κ1) is 59.6. The molecule has 440 valence electrons. The molecular weight excluding hydrogens is 1020 g/mol. The summed E-state index contributed by atoms with van der Waals surface area (Å²) in [5.41, 5.74) is 1.32. The van der Waals surface area contributed by atoms with Crippen LogP contribution in [0.1, 0.15) is 79.1 Å². The second-order valence-corrected chi connectivity index (χ2v) is 23.7. The SMILES string of the molecule is CC1=C(CO[C@@H]2O[C@H](CO[C@@H]3O[C@H](CO)[C@@H](O)[C@H](O)[C@H]3O)[C@@H](O)[C@H](O)[C@H]2O)C(=O)O[C@@H]([C@@H](C)[C@H]2CC[C@H]3[C@@H]4CC=C5C[C@@H](O[C@@H]6O[C@H](CO[C@@H]7O[C@H](CO)[C@@H](O)[C@H](O)[C@H]7O)[C@@H](O)[C@H](O)[C@H]6O)C[C@H](O)[C@]5(C)[C@H]4CC[C@@]23C)C1. The standard InChI is InChI=1S/C52H82O25/c1-19-11-28(73-46(68)24(19)16-69-47-44(66)40(62)36(58)31(76-47)17-70-48-42(64)38(60)34(56)29(14-53)74-48)20(2)25-7-8-26-23-6-5-21-12-22(13-33(55)52(21,4)27(23)9-10-51(25,26)3)72-50-45(67)41(63)37(59)32(77-50)18-71-49-43(65)39(61)35(57)30(15-54)75-49/h5,20,22-23,25-45,47-50,53-67H,6-18H2,1-4H3/t20-,22+,23-,25+,26-,27-,28+,29+,30+,31+,32+,33-,34+,35+,36+,37+,38-,39-,40-,41-,42+,43+,44+,45+,47+,48+,49+,50+,51-,52-/m0/s1. The molecule has 0 spiro atoms. The molecule has 3 saturated carbocycles. The number of carbonyl (C=O) groups excluding carboxylic acids is 1. The van der Waals surface area contributed by atoms with Gasteiger partial charge in [-0.3, -0.25) is 0 Å². The predicted octanol–water partition coefficient (Wildman–Crippen LogP) is -4.55. The minimum atomic E-state index is -1.77. The Hall–Kier alpha value is -1.97. The highest BCUT2D eigenvalue weighted by atomic mass is 16.7. The Kier molecular flexibility index (Phi) is 18.4. The van der Waals surface area contributed by atoms with Gasteiger partial charge in [-0.05, 0) is 80.5 Å². The maximum atomic E-state index is 13.8.